The van der Waals surface area contributed by atoms with Crippen molar-refractivity contribution in [3.63, 3.8) is 0 Å². The highest BCUT2D eigenvalue weighted by atomic mass is 16.2. The van der Waals surface area contributed by atoms with Crippen molar-refractivity contribution in [3.05, 3.63) is 24.3 Å². The number of nitrogens with two attached hydrogens (primary N) is 1. The van der Waals surface area contributed by atoms with Crippen molar-refractivity contribution in [1.29, 1.82) is 0 Å². The fourth-order valence-corrected chi connectivity index (χ4v) is 3.40. The first-order chi connectivity index (χ1) is 10.1. The molecule has 1 aromatic rings. The summed E-state index contributed by atoms with van der Waals surface area (Å²) in [5.74, 6) is 0.553. The molecule has 1 aromatic carbocycles. The molecule has 21 heavy (non-hydrogen) atoms. The number of hydrogen-bond donors (Lipinski definition) is 2. The lowest BCUT2D eigenvalue weighted by Crippen LogP contribution is -2.49. The number of amides is 3. The molecule has 5 heteroatoms. The van der Waals surface area contributed by atoms with Crippen LogP contribution < -0.4 is 16.0 Å². The molecule has 0 aromatic heterocycles. The maximum absolute atomic E-state index is 12.8. The lowest BCUT2D eigenvalue weighted by molar-refractivity contribution is -0.123. The molecule has 3 rings (SSSR count). The average molecular weight is 287 g/mol. The zero-order valence-corrected chi connectivity index (χ0v) is 12.3. The van der Waals surface area contributed by atoms with Crippen molar-refractivity contribution in [1.82, 2.24) is 5.32 Å². The molecular formula is C16H21N3O2. The smallest absolute Gasteiger partial charge is 0.329 e. The number of nitrogen functional groups attached to an aromatic ring is 1. The van der Waals surface area contributed by atoms with Crippen LogP contribution in [0.5, 0.6) is 0 Å². The van der Waals surface area contributed by atoms with Gasteiger partial charge in [-0.25, -0.2) is 9.69 Å². The van der Waals surface area contributed by atoms with Crippen molar-refractivity contribution >= 4 is 23.3 Å². The molecule has 2 aliphatic rings. The monoisotopic (exact) mass is 287 g/mol. The molecule has 1 aliphatic heterocycles. The van der Waals surface area contributed by atoms with Crippen LogP contribution in [0.2, 0.25) is 0 Å². The zero-order chi connectivity index (χ0) is 15.0. The average Bonchev–Trinajstić information content (AvgIpc) is 2.72. The highest BCUT2D eigenvalue weighted by Crippen LogP contribution is 2.38. The minimum Gasteiger partial charge on any atom is -0.399 e. The van der Waals surface area contributed by atoms with Crippen molar-refractivity contribution in [3.8, 4) is 0 Å². The van der Waals surface area contributed by atoms with E-state index in [-0.39, 0.29) is 11.9 Å². The molecule has 3 amide bonds. The molecule has 3 N–H and O–H groups in total. The Morgan fingerprint density at radius 2 is 1.86 bits per heavy atom. The van der Waals surface area contributed by atoms with Gasteiger partial charge in [0.2, 0.25) is 0 Å². The van der Waals surface area contributed by atoms with Crippen molar-refractivity contribution in [2.75, 3.05) is 10.6 Å². The van der Waals surface area contributed by atoms with E-state index < -0.39 is 5.54 Å². The number of urea groups is 1. The second-order valence-corrected chi connectivity index (χ2v) is 6.10. The molecule has 0 atom stereocenters. The minimum atomic E-state index is -0.690. The van der Waals surface area contributed by atoms with Gasteiger partial charge in [-0.15, -0.1) is 0 Å². The van der Waals surface area contributed by atoms with E-state index in [0.29, 0.717) is 17.3 Å². The number of benzene rings is 1. The maximum Gasteiger partial charge on any atom is 0.329 e. The third-order valence-electron chi connectivity index (χ3n) is 4.85. The summed E-state index contributed by atoms with van der Waals surface area (Å²) in [6.07, 6.45) is 4.61. The molecule has 1 saturated heterocycles. The minimum absolute atomic E-state index is 0.119. The second kappa shape index (κ2) is 5.06. The summed E-state index contributed by atoms with van der Waals surface area (Å²) in [6, 6.07) is 6.51. The Morgan fingerprint density at radius 3 is 2.43 bits per heavy atom. The number of carbonyl (C=O) groups is 2. The van der Waals surface area contributed by atoms with Crippen LogP contribution in [-0.2, 0) is 4.79 Å². The van der Waals surface area contributed by atoms with E-state index in [2.05, 4.69) is 12.2 Å². The molecule has 0 bridgehead atoms. The van der Waals surface area contributed by atoms with E-state index in [1.54, 1.807) is 24.3 Å². The standard InChI is InChI=1S/C16H21N3O2/c1-2-11-7-9-16(10-8-11)14(20)19(15(21)18-16)13-5-3-12(17)4-6-13/h3-6,11H,2,7-10,17H2,1H3,(H,18,21). The first kappa shape index (κ1) is 13.9. The van der Waals surface area contributed by atoms with E-state index in [1.807, 2.05) is 0 Å². The Morgan fingerprint density at radius 1 is 1.24 bits per heavy atom. The van der Waals surface area contributed by atoms with Gasteiger partial charge in [-0.1, -0.05) is 13.3 Å². The van der Waals surface area contributed by atoms with Gasteiger partial charge in [-0.2, -0.15) is 0 Å². The van der Waals surface area contributed by atoms with Crippen LogP contribution in [0, 0.1) is 5.92 Å². The van der Waals surface area contributed by atoms with Crippen LogP contribution >= 0.6 is 0 Å². The SMILES string of the molecule is CCC1CCC2(CC1)NC(=O)N(c1ccc(N)cc1)C2=O. The first-order valence-electron chi connectivity index (χ1n) is 7.58. The van der Waals surface area contributed by atoms with Crippen LogP contribution in [0.25, 0.3) is 0 Å². The quantitative estimate of drug-likeness (QED) is 0.648. The fraction of sp³-hybridized carbons (Fsp3) is 0.500. The molecule has 1 spiro atoms. The number of nitrogens with one attached hydrogen (secondary N) is 1. The van der Waals surface area contributed by atoms with E-state index in [4.69, 9.17) is 5.73 Å². The zero-order valence-electron chi connectivity index (χ0n) is 12.3. The lowest BCUT2D eigenvalue weighted by atomic mass is 9.75. The number of rotatable bonds is 2. The highest BCUT2D eigenvalue weighted by molar-refractivity contribution is 6.23. The summed E-state index contributed by atoms with van der Waals surface area (Å²) < 4.78 is 0. The van der Waals surface area contributed by atoms with E-state index >= 15 is 0 Å². The Balaban J connectivity index is 1.84. The van der Waals surface area contributed by atoms with Crippen molar-refractivity contribution in [2.45, 2.75) is 44.6 Å². The topological polar surface area (TPSA) is 75.4 Å². The van der Waals surface area contributed by atoms with Gasteiger partial charge in [0.25, 0.3) is 5.91 Å². The van der Waals surface area contributed by atoms with Gasteiger partial charge in [0.1, 0.15) is 5.54 Å². The number of hydrogen-bond acceptors (Lipinski definition) is 3. The predicted molar refractivity (Wildman–Crippen MR) is 81.9 cm³/mol. The Hall–Kier alpha value is -2.04. The summed E-state index contributed by atoms with van der Waals surface area (Å²) in [4.78, 5) is 26.3. The van der Waals surface area contributed by atoms with Gasteiger partial charge in [-0.05, 0) is 55.9 Å². The van der Waals surface area contributed by atoms with Gasteiger partial charge < -0.3 is 11.1 Å². The first-order valence-corrected chi connectivity index (χ1v) is 7.58. The van der Waals surface area contributed by atoms with E-state index in [1.165, 1.54) is 4.90 Å². The van der Waals surface area contributed by atoms with E-state index in [9.17, 15) is 9.59 Å². The molecule has 1 aliphatic carbocycles. The Bertz CT molecular complexity index is 559. The van der Waals surface area contributed by atoms with E-state index in [0.717, 1.165) is 32.1 Å². The van der Waals surface area contributed by atoms with Gasteiger partial charge >= 0.3 is 6.03 Å². The summed E-state index contributed by atoms with van der Waals surface area (Å²) >= 11 is 0. The van der Waals surface area contributed by atoms with Crippen molar-refractivity contribution < 1.29 is 9.59 Å². The Labute approximate surface area is 124 Å². The predicted octanol–water partition coefficient (Wildman–Crippen LogP) is 2.66. The van der Waals surface area contributed by atoms with Gasteiger partial charge in [0.15, 0.2) is 0 Å². The van der Waals surface area contributed by atoms with Crippen LogP contribution in [0.15, 0.2) is 24.3 Å². The molecule has 0 radical (unpaired) electrons. The summed E-state index contributed by atoms with van der Waals surface area (Å²) in [5, 5.41) is 2.93. The largest absolute Gasteiger partial charge is 0.399 e. The summed E-state index contributed by atoms with van der Waals surface area (Å²) in [7, 11) is 0. The third-order valence-corrected chi connectivity index (χ3v) is 4.85. The third kappa shape index (κ3) is 2.26. The van der Waals surface area contributed by atoms with Crippen LogP contribution in [-0.4, -0.2) is 17.5 Å². The van der Waals surface area contributed by atoms with Gasteiger partial charge in [0.05, 0.1) is 5.69 Å². The second-order valence-electron chi connectivity index (χ2n) is 6.10. The molecule has 112 valence electrons. The van der Waals surface area contributed by atoms with Crippen molar-refractivity contribution in [2.24, 2.45) is 5.92 Å². The molecule has 0 unspecified atom stereocenters. The van der Waals surface area contributed by atoms with Crippen LogP contribution in [0.4, 0.5) is 16.2 Å². The summed E-state index contributed by atoms with van der Waals surface area (Å²) in [5.41, 5.74) is 6.17. The number of imide groups is 1. The molecule has 5 nitrogen and oxygen atoms in total. The van der Waals surface area contributed by atoms with Gasteiger partial charge in [-0.3, -0.25) is 4.79 Å². The number of anilines is 2. The molecule has 1 saturated carbocycles. The highest BCUT2D eigenvalue weighted by Gasteiger charge is 2.52. The molecular weight excluding hydrogens is 266 g/mol. The van der Waals surface area contributed by atoms with Crippen LogP contribution in [0.3, 0.4) is 0 Å². The lowest BCUT2D eigenvalue weighted by Gasteiger charge is -2.34. The maximum atomic E-state index is 12.8. The Kier molecular flexibility index (Phi) is 3.35. The summed E-state index contributed by atoms with van der Waals surface area (Å²) in [6.45, 7) is 2.18. The van der Waals surface area contributed by atoms with Gasteiger partial charge in [0, 0.05) is 5.69 Å². The number of carbonyl (C=O) groups excluding carboxylic acids is 2. The number of nitrogens with zero attached hydrogens (tertiary/aromatic N) is 1. The fourth-order valence-electron chi connectivity index (χ4n) is 3.40. The van der Waals surface area contributed by atoms with Crippen LogP contribution in [0.1, 0.15) is 39.0 Å². The normalized spacial score (nSPS) is 29.0. The molecule has 1 heterocycles. The molecule has 2 fully saturated rings.